The minimum absolute atomic E-state index is 0.0156. The van der Waals surface area contributed by atoms with Crippen molar-refractivity contribution in [1.29, 1.82) is 0 Å². The Labute approximate surface area is 111 Å². The van der Waals surface area contributed by atoms with E-state index in [0.29, 0.717) is 13.2 Å². The lowest BCUT2D eigenvalue weighted by molar-refractivity contribution is -0.182. The molecule has 1 aliphatic heterocycles. The Balaban J connectivity index is 2.14. The van der Waals surface area contributed by atoms with Gasteiger partial charge < -0.3 is 22.8 Å². The standard InChI is InChI=1S/C12H26O5Si/c1-5-12(7-9-17-12)11-16-8-6-10-18(13-2,14-3)15-4/h5-11H2,1-4H3. The summed E-state index contributed by atoms with van der Waals surface area (Å²) in [5, 5.41) is 0. The van der Waals surface area contributed by atoms with Gasteiger partial charge in [-0.2, -0.15) is 0 Å². The lowest BCUT2D eigenvalue weighted by Gasteiger charge is -2.41. The van der Waals surface area contributed by atoms with Crippen molar-refractivity contribution in [2.24, 2.45) is 0 Å². The van der Waals surface area contributed by atoms with Gasteiger partial charge in [-0.3, -0.25) is 0 Å². The van der Waals surface area contributed by atoms with Crippen LogP contribution >= 0.6 is 0 Å². The van der Waals surface area contributed by atoms with E-state index in [1.807, 2.05) is 0 Å². The van der Waals surface area contributed by atoms with Crippen LogP contribution in [0.15, 0.2) is 0 Å². The van der Waals surface area contributed by atoms with Gasteiger partial charge in [0.1, 0.15) is 0 Å². The molecule has 1 aliphatic rings. The van der Waals surface area contributed by atoms with Gasteiger partial charge in [-0.15, -0.1) is 0 Å². The van der Waals surface area contributed by atoms with E-state index in [4.69, 9.17) is 22.8 Å². The molecule has 0 amide bonds. The second-order valence-electron chi connectivity index (χ2n) is 4.59. The van der Waals surface area contributed by atoms with Gasteiger partial charge in [0.2, 0.25) is 0 Å². The maximum atomic E-state index is 5.69. The molecule has 18 heavy (non-hydrogen) atoms. The quantitative estimate of drug-likeness (QED) is 0.451. The monoisotopic (exact) mass is 278 g/mol. The van der Waals surface area contributed by atoms with E-state index >= 15 is 0 Å². The van der Waals surface area contributed by atoms with Gasteiger partial charge in [-0.1, -0.05) is 6.92 Å². The Kier molecular flexibility index (Phi) is 6.76. The fourth-order valence-electron chi connectivity index (χ4n) is 2.09. The third kappa shape index (κ3) is 4.01. The lowest BCUT2D eigenvalue weighted by atomic mass is 9.93. The van der Waals surface area contributed by atoms with Crippen molar-refractivity contribution in [3.05, 3.63) is 0 Å². The van der Waals surface area contributed by atoms with Crippen LogP contribution in [0.25, 0.3) is 0 Å². The van der Waals surface area contributed by atoms with Crippen molar-refractivity contribution < 1.29 is 22.8 Å². The SMILES string of the molecule is CCC1(COCCC[Si](OC)(OC)OC)CCO1. The molecule has 1 fully saturated rings. The third-order valence-electron chi connectivity index (χ3n) is 3.68. The van der Waals surface area contributed by atoms with E-state index in [1.54, 1.807) is 21.3 Å². The van der Waals surface area contributed by atoms with E-state index < -0.39 is 8.80 Å². The highest BCUT2D eigenvalue weighted by atomic mass is 28.4. The van der Waals surface area contributed by atoms with Crippen LogP contribution in [0.5, 0.6) is 0 Å². The highest BCUT2D eigenvalue weighted by Gasteiger charge is 2.38. The van der Waals surface area contributed by atoms with Crippen molar-refractivity contribution in [3.63, 3.8) is 0 Å². The van der Waals surface area contributed by atoms with Crippen LogP contribution in [0.1, 0.15) is 26.2 Å². The van der Waals surface area contributed by atoms with Crippen molar-refractivity contribution in [2.45, 2.75) is 37.8 Å². The molecule has 1 heterocycles. The molecule has 0 aromatic rings. The van der Waals surface area contributed by atoms with E-state index in [2.05, 4.69) is 6.92 Å². The largest absolute Gasteiger partial charge is 0.500 e. The van der Waals surface area contributed by atoms with Gasteiger partial charge in [0.05, 0.1) is 18.8 Å². The molecule has 0 N–H and O–H groups in total. The normalized spacial score (nSPS) is 24.0. The van der Waals surface area contributed by atoms with Crippen molar-refractivity contribution in [2.75, 3.05) is 41.2 Å². The molecule has 108 valence electrons. The molecule has 5 nitrogen and oxygen atoms in total. The van der Waals surface area contributed by atoms with Crippen LogP contribution in [0.2, 0.25) is 6.04 Å². The molecule has 0 bridgehead atoms. The van der Waals surface area contributed by atoms with Crippen molar-refractivity contribution >= 4 is 8.80 Å². The minimum atomic E-state index is -2.43. The maximum absolute atomic E-state index is 5.69. The number of rotatable bonds is 10. The summed E-state index contributed by atoms with van der Waals surface area (Å²) in [6.45, 7) is 4.38. The van der Waals surface area contributed by atoms with Crippen molar-refractivity contribution in [3.8, 4) is 0 Å². The van der Waals surface area contributed by atoms with E-state index in [-0.39, 0.29) is 5.60 Å². The average Bonchev–Trinajstić information content (AvgIpc) is 2.37. The summed E-state index contributed by atoms with van der Waals surface area (Å²) in [6, 6.07) is 0.774. The van der Waals surface area contributed by atoms with Crippen molar-refractivity contribution in [1.82, 2.24) is 0 Å². The first-order chi connectivity index (χ1) is 8.66. The highest BCUT2D eigenvalue weighted by Crippen LogP contribution is 2.30. The topological polar surface area (TPSA) is 46.2 Å². The summed E-state index contributed by atoms with van der Waals surface area (Å²) in [5.41, 5.74) is -0.0156. The van der Waals surface area contributed by atoms with Crippen LogP contribution < -0.4 is 0 Å². The third-order valence-corrected chi connectivity index (χ3v) is 6.51. The zero-order valence-corrected chi connectivity index (χ0v) is 13.0. The van der Waals surface area contributed by atoms with Crippen LogP contribution in [-0.2, 0) is 22.8 Å². The molecule has 0 spiro atoms. The molecule has 6 heteroatoms. The molecule has 1 unspecified atom stereocenters. The molecule has 0 aliphatic carbocycles. The predicted molar refractivity (Wildman–Crippen MR) is 70.6 cm³/mol. The van der Waals surface area contributed by atoms with Gasteiger partial charge in [0, 0.05) is 40.4 Å². The first-order valence-corrected chi connectivity index (χ1v) is 8.46. The molecular formula is C12H26O5Si. The van der Waals surface area contributed by atoms with Gasteiger partial charge in [0.25, 0.3) is 0 Å². The molecule has 1 rings (SSSR count). The molecular weight excluding hydrogens is 252 g/mol. The second-order valence-corrected chi connectivity index (χ2v) is 7.68. The van der Waals surface area contributed by atoms with Crippen LogP contribution in [-0.4, -0.2) is 55.6 Å². The van der Waals surface area contributed by atoms with Crippen LogP contribution in [0.4, 0.5) is 0 Å². The second kappa shape index (κ2) is 7.57. The Morgan fingerprint density at radius 3 is 2.17 bits per heavy atom. The van der Waals surface area contributed by atoms with E-state index in [9.17, 15) is 0 Å². The molecule has 0 radical (unpaired) electrons. The fourth-order valence-corrected chi connectivity index (χ4v) is 3.78. The van der Waals surface area contributed by atoms with Crippen LogP contribution in [0, 0.1) is 0 Å². The highest BCUT2D eigenvalue weighted by molar-refractivity contribution is 6.60. The fraction of sp³-hybridized carbons (Fsp3) is 1.00. The number of hydrogen-bond acceptors (Lipinski definition) is 5. The van der Waals surface area contributed by atoms with Crippen LogP contribution in [0.3, 0.4) is 0 Å². The van der Waals surface area contributed by atoms with Gasteiger partial charge in [-0.05, 0) is 12.8 Å². The summed E-state index contributed by atoms with van der Waals surface area (Å²) in [7, 11) is 2.47. The zero-order chi connectivity index (χ0) is 13.5. The van der Waals surface area contributed by atoms with E-state index in [0.717, 1.165) is 31.9 Å². The maximum Gasteiger partial charge on any atom is 0.500 e. The zero-order valence-electron chi connectivity index (χ0n) is 12.0. The first-order valence-electron chi connectivity index (χ1n) is 6.53. The Hall–Kier alpha value is 0.0169. The Morgan fingerprint density at radius 1 is 1.17 bits per heavy atom. The number of hydrogen-bond donors (Lipinski definition) is 0. The molecule has 0 aromatic heterocycles. The smallest absolute Gasteiger partial charge is 0.378 e. The predicted octanol–water partition coefficient (Wildman–Crippen LogP) is 1.84. The minimum Gasteiger partial charge on any atom is -0.378 e. The lowest BCUT2D eigenvalue weighted by Crippen LogP contribution is -2.47. The van der Waals surface area contributed by atoms with Gasteiger partial charge in [-0.25, -0.2) is 0 Å². The summed E-state index contributed by atoms with van der Waals surface area (Å²) >= 11 is 0. The summed E-state index contributed by atoms with van der Waals surface area (Å²) in [6.07, 6.45) is 3.00. The summed E-state index contributed by atoms with van der Waals surface area (Å²) in [4.78, 5) is 0. The van der Waals surface area contributed by atoms with Gasteiger partial charge in [0.15, 0.2) is 0 Å². The van der Waals surface area contributed by atoms with E-state index in [1.165, 1.54) is 0 Å². The Bertz CT molecular complexity index is 215. The molecule has 1 saturated heterocycles. The summed E-state index contributed by atoms with van der Waals surface area (Å²) < 4.78 is 27.3. The molecule has 1 atom stereocenters. The molecule has 0 aromatic carbocycles. The average molecular weight is 278 g/mol. The molecule has 0 saturated carbocycles. The first kappa shape index (κ1) is 16.1. The Morgan fingerprint density at radius 2 is 1.78 bits per heavy atom. The number of ether oxygens (including phenoxy) is 2. The van der Waals surface area contributed by atoms with Gasteiger partial charge >= 0.3 is 8.80 Å². The summed E-state index contributed by atoms with van der Waals surface area (Å²) in [5.74, 6) is 0.